The lowest BCUT2D eigenvalue weighted by Gasteiger charge is -2.24. The Morgan fingerprint density at radius 2 is 1.69 bits per heavy atom. The molecule has 216 valence electrons. The van der Waals surface area contributed by atoms with Crippen LogP contribution in [0.4, 0.5) is 10.6 Å². The predicted octanol–water partition coefficient (Wildman–Crippen LogP) is 3.48. The summed E-state index contributed by atoms with van der Waals surface area (Å²) in [5.41, 5.74) is 9.50. The van der Waals surface area contributed by atoms with E-state index in [9.17, 15) is 18.0 Å². The number of halogens is 1. The zero-order valence-corrected chi connectivity index (χ0v) is 24.6. The number of alkyl carbamates (subject to hydrolysis) is 1. The number of aliphatic imine (C=N–C) groups is 1. The molecule has 6 N–H and O–H groups in total. The zero-order valence-electron chi connectivity index (χ0n) is 23.0. The molecule has 2 aromatic rings. The van der Waals surface area contributed by atoms with Crippen molar-refractivity contribution >= 4 is 56.2 Å². The summed E-state index contributed by atoms with van der Waals surface area (Å²) in [5, 5.41) is 3.71. The molecule has 1 amide bonds. The van der Waals surface area contributed by atoms with E-state index in [1.54, 1.807) is 41.5 Å². The summed E-state index contributed by atoms with van der Waals surface area (Å²) >= 11 is 6.22. The van der Waals surface area contributed by atoms with E-state index in [1.165, 1.54) is 24.4 Å². The van der Waals surface area contributed by atoms with Gasteiger partial charge >= 0.3 is 12.1 Å². The van der Waals surface area contributed by atoms with Gasteiger partial charge in [-0.15, -0.1) is 0 Å². The van der Waals surface area contributed by atoms with Crippen molar-refractivity contribution in [1.82, 2.24) is 15.0 Å². The van der Waals surface area contributed by atoms with Gasteiger partial charge in [0, 0.05) is 23.5 Å². The number of nitrogens with zero attached hydrogens (tertiary/aromatic N) is 2. The molecular formula is C25H37ClN6O6S. The van der Waals surface area contributed by atoms with Gasteiger partial charge in [-0.25, -0.2) is 18.2 Å². The minimum atomic E-state index is -4.21. The third-order valence-corrected chi connectivity index (χ3v) is 6.68. The lowest BCUT2D eigenvalue weighted by molar-refractivity contribution is -0.157. The number of carbonyl (C=O) groups excluding carboxylic acids is 2. The Bertz CT molecular complexity index is 1330. The number of sulfonamides is 1. The molecule has 0 aliphatic rings. The minimum absolute atomic E-state index is 0.0904. The van der Waals surface area contributed by atoms with Crippen LogP contribution in [0.15, 0.2) is 34.3 Å². The normalized spacial score (nSPS) is 13.0. The molecule has 1 aromatic carbocycles. The maximum atomic E-state index is 13.4. The fourth-order valence-electron chi connectivity index (χ4n) is 3.38. The van der Waals surface area contributed by atoms with Crippen molar-refractivity contribution in [2.75, 3.05) is 6.54 Å². The second-order valence-electron chi connectivity index (χ2n) is 10.8. The quantitative estimate of drug-likeness (QED) is 0.140. The maximum Gasteiger partial charge on any atom is 0.407 e. The molecule has 0 bridgehead atoms. The Morgan fingerprint density at radius 1 is 1.05 bits per heavy atom. The number of hydrogen-bond donors (Lipinski definition) is 4. The van der Waals surface area contributed by atoms with Crippen LogP contribution >= 0.6 is 11.6 Å². The molecular weight excluding hydrogens is 548 g/mol. The van der Waals surface area contributed by atoms with Gasteiger partial charge in [-0.2, -0.15) is 9.71 Å². The molecule has 0 aliphatic carbocycles. The van der Waals surface area contributed by atoms with Crippen LogP contribution in [0, 0.1) is 0 Å². The van der Waals surface area contributed by atoms with Crippen LogP contribution in [0.25, 0.3) is 10.8 Å². The Morgan fingerprint density at radius 3 is 2.28 bits per heavy atom. The highest BCUT2D eigenvalue weighted by atomic mass is 35.5. The van der Waals surface area contributed by atoms with E-state index in [4.69, 9.17) is 32.5 Å². The van der Waals surface area contributed by atoms with E-state index < -0.39 is 39.3 Å². The smallest absolute Gasteiger partial charge is 0.407 e. The van der Waals surface area contributed by atoms with Crippen LogP contribution < -0.4 is 21.5 Å². The number of guanidine groups is 1. The first-order chi connectivity index (χ1) is 17.9. The van der Waals surface area contributed by atoms with Gasteiger partial charge < -0.3 is 26.3 Å². The molecule has 12 nitrogen and oxygen atoms in total. The first-order valence-corrected chi connectivity index (χ1v) is 14.1. The van der Waals surface area contributed by atoms with Gasteiger partial charge in [0.25, 0.3) is 0 Å². The Balaban J connectivity index is 2.24. The molecule has 14 heteroatoms. The second-order valence-corrected chi connectivity index (χ2v) is 12.9. The van der Waals surface area contributed by atoms with Gasteiger partial charge in [0.05, 0.1) is 9.92 Å². The summed E-state index contributed by atoms with van der Waals surface area (Å²) in [7, 11) is -4.21. The number of hydrogen-bond acceptors (Lipinski definition) is 8. The van der Waals surface area contributed by atoms with Crippen molar-refractivity contribution in [2.45, 2.75) is 82.9 Å². The number of nitrogens with two attached hydrogens (primary N) is 2. The van der Waals surface area contributed by atoms with Gasteiger partial charge in [-0.3, -0.25) is 4.79 Å². The molecule has 1 aromatic heterocycles. The van der Waals surface area contributed by atoms with E-state index >= 15 is 0 Å². The number of unbranched alkanes of at least 4 members (excludes halogenated alkanes) is 1. The van der Waals surface area contributed by atoms with Gasteiger partial charge in [-0.05, 0) is 72.9 Å². The first kappa shape index (κ1) is 32.1. The standard InChI is InChI=1S/C25H37ClN6O6S/c1-24(2,3)37-21(33)19(9-7-8-12-29-23(34)38-25(4,5)6)32-39(35,36)15-10-11-16-17(13-15)20(31-22(27)28)30-14-18(16)26/h10-11,13-14,19,32H,7-9,12H2,1-6H3,(H,29,34)(H4,27,28,30,31)/t19-/m1/s1. The van der Waals surface area contributed by atoms with Crippen LogP contribution in [0.3, 0.4) is 0 Å². The van der Waals surface area contributed by atoms with Gasteiger partial charge in [-0.1, -0.05) is 17.7 Å². The minimum Gasteiger partial charge on any atom is -0.459 e. The number of rotatable bonds is 10. The number of amides is 1. The Hall–Kier alpha value is -3.16. The van der Waals surface area contributed by atoms with Crippen molar-refractivity contribution in [3.8, 4) is 0 Å². The van der Waals surface area contributed by atoms with E-state index in [-0.39, 0.29) is 34.7 Å². The number of benzene rings is 1. The molecule has 0 saturated carbocycles. The molecule has 1 atom stereocenters. The molecule has 0 fully saturated rings. The number of esters is 1. The van der Waals surface area contributed by atoms with Crippen molar-refractivity contribution in [3.63, 3.8) is 0 Å². The number of nitrogens with one attached hydrogen (secondary N) is 2. The van der Waals surface area contributed by atoms with Gasteiger partial charge in [0.15, 0.2) is 11.8 Å². The molecule has 0 aliphatic heterocycles. The van der Waals surface area contributed by atoms with Gasteiger partial charge in [0.1, 0.15) is 17.2 Å². The summed E-state index contributed by atoms with van der Waals surface area (Å²) in [4.78, 5) is 32.6. The van der Waals surface area contributed by atoms with Crippen molar-refractivity contribution < 1.29 is 27.5 Å². The predicted molar refractivity (Wildman–Crippen MR) is 150 cm³/mol. The van der Waals surface area contributed by atoms with Crippen LogP contribution in [0.1, 0.15) is 60.8 Å². The van der Waals surface area contributed by atoms with Crippen LogP contribution in [-0.4, -0.2) is 55.2 Å². The SMILES string of the molecule is CC(C)(C)OC(=O)NCCCC[C@@H](NS(=O)(=O)c1ccc2c(Cl)cnc(N=C(N)N)c2c1)C(=O)OC(C)(C)C. The highest BCUT2D eigenvalue weighted by Crippen LogP contribution is 2.31. The highest BCUT2D eigenvalue weighted by Gasteiger charge is 2.30. The van der Waals surface area contributed by atoms with E-state index in [1.807, 2.05) is 0 Å². The molecule has 39 heavy (non-hydrogen) atoms. The summed E-state index contributed by atoms with van der Waals surface area (Å²) in [6, 6.07) is 3.01. The Labute approximate surface area is 233 Å². The van der Waals surface area contributed by atoms with Crippen molar-refractivity contribution in [1.29, 1.82) is 0 Å². The average molecular weight is 585 g/mol. The Kier molecular flexibility index (Phi) is 10.5. The number of ether oxygens (including phenoxy) is 2. The third kappa shape index (κ3) is 10.5. The molecule has 0 radical (unpaired) electrons. The zero-order chi connectivity index (χ0) is 29.6. The summed E-state index contributed by atoms with van der Waals surface area (Å²) in [5.74, 6) is -0.894. The van der Waals surface area contributed by atoms with Gasteiger partial charge in [0.2, 0.25) is 10.0 Å². The largest absolute Gasteiger partial charge is 0.459 e. The lowest BCUT2D eigenvalue weighted by atomic mass is 10.1. The number of pyridine rings is 1. The second kappa shape index (κ2) is 12.8. The van der Waals surface area contributed by atoms with Crippen LogP contribution in [0.5, 0.6) is 0 Å². The van der Waals surface area contributed by atoms with Crippen LogP contribution in [0.2, 0.25) is 5.02 Å². The fourth-order valence-corrected chi connectivity index (χ4v) is 4.84. The third-order valence-electron chi connectivity index (χ3n) is 4.91. The molecule has 0 saturated heterocycles. The van der Waals surface area contributed by atoms with E-state index in [0.717, 1.165) is 0 Å². The number of fused-ring (bicyclic) bond motifs is 1. The monoisotopic (exact) mass is 584 g/mol. The number of carbonyl (C=O) groups is 2. The summed E-state index contributed by atoms with van der Waals surface area (Å²) in [6.45, 7) is 10.6. The molecule has 1 heterocycles. The van der Waals surface area contributed by atoms with Crippen molar-refractivity contribution in [3.05, 3.63) is 29.4 Å². The molecule has 2 rings (SSSR count). The first-order valence-electron chi connectivity index (χ1n) is 12.3. The molecule has 0 spiro atoms. The summed E-state index contributed by atoms with van der Waals surface area (Å²) < 4.78 is 39.8. The summed E-state index contributed by atoms with van der Waals surface area (Å²) in [6.07, 6.45) is 1.81. The average Bonchev–Trinajstić information content (AvgIpc) is 2.77. The highest BCUT2D eigenvalue weighted by molar-refractivity contribution is 7.89. The topological polar surface area (TPSA) is 188 Å². The number of aromatic nitrogens is 1. The molecule has 0 unspecified atom stereocenters. The van der Waals surface area contributed by atoms with E-state index in [2.05, 4.69) is 20.0 Å². The van der Waals surface area contributed by atoms with E-state index in [0.29, 0.717) is 23.6 Å². The maximum absolute atomic E-state index is 13.4. The van der Waals surface area contributed by atoms with Crippen molar-refractivity contribution in [2.24, 2.45) is 16.5 Å². The fraction of sp³-hybridized carbons (Fsp3) is 0.520. The lowest BCUT2D eigenvalue weighted by Crippen LogP contribution is -2.44. The van der Waals surface area contributed by atoms with Crippen LogP contribution in [-0.2, 0) is 24.3 Å².